The molecule has 2 fully saturated rings. The van der Waals surface area contributed by atoms with E-state index in [1.54, 1.807) is 18.2 Å². The molecule has 2 saturated heterocycles. The number of amides is 1. The molecule has 25 heavy (non-hydrogen) atoms. The van der Waals surface area contributed by atoms with E-state index in [4.69, 9.17) is 16.3 Å². The van der Waals surface area contributed by atoms with Gasteiger partial charge in [-0.25, -0.2) is 8.42 Å². The minimum absolute atomic E-state index is 0.0745. The van der Waals surface area contributed by atoms with E-state index in [1.165, 1.54) is 7.11 Å². The van der Waals surface area contributed by atoms with E-state index < -0.39 is 9.84 Å². The summed E-state index contributed by atoms with van der Waals surface area (Å²) < 4.78 is 28.5. The molecule has 1 aromatic carbocycles. The van der Waals surface area contributed by atoms with Gasteiger partial charge in [-0.1, -0.05) is 11.6 Å². The molecule has 1 atom stereocenters. The van der Waals surface area contributed by atoms with Gasteiger partial charge in [-0.15, -0.1) is 0 Å². The maximum atomic E-state index is 12.5. The molecule has 138 valence electrons. The molecule has 6 nitrogen and oxygen atoms in total. The van der Waals surface area contributed by atoms with Crippen LogP contribution < -0.4 is 10.1 Å². The summed E-state index contributed by atoms with van der Waals surface area (Å²) in [5.41, 5.74) is 0.430. The molecule has 0 aromatic heterocycles. The Morgan fingerprint density at radius 1 is 1.28 bits per heavy atom. The molecule has 0 saturated carbocycles. The van der Waals surface area contributed by atoms with E-state index in [0.29, 0.717) is 22.1 Å². The number of hydrogen-bond donors (Lipinski definition) is 1. The number of likely N-dealkylation sites (tertiary alicyclic amines) is 1. The summed E-state index contributed by atoms with van der Waals surface area (Å²) in [5.74, 6) is 0.865. The molecule has 3 rings (SSSR count). The lowest BCUT2D eigenvalue weighted by Gasteiger charge is -2.35. The number of piperidine rings is 1. The zero-order valence-electron chi connectivity index (χ0n) is 14.2. The van der Waals surface area contributed by atoms with Gasteiger partial charge in [-0.3, -0.25) is 9.69 Å². The summed E-state index contributed by atoms with van der Waals surface area (Å²) in [6.07, 6.45) is 2.34. The molecule has 0 spiro atoms. The van der Waals surface area contributed by atoms with Crippen molar-refractivity contribution in [2.45, 2.75) is 31.3 Å². The number of benzene rings is 1. The molecule has 0 radical (unpaired) electrons. The molecule has 1 amide bonds. The fourth-order valence-corrected chi connectivity index (χ4v) is 5.53. The Morgan fingerprint density at radius 2 is 2.00 bits per heavy atom. The highest BCUT2D eigenvalue weighted by Crippen LogP contribution is 2.24. The van der Waals surface area contributed by atoms with Crippen LogP contribution in [0.3, 0.4) is 0 Å². The van der Waals surface area contributed by atoms with Gasteiger partial charge in [0, 0.05) is 30.2 Å². The number of rotatable bonds is 4. The number of halogens is 1. The molecule has 0 bridgehead atoms. The SMILES string of the molecule is COc1ccc(Cl)cc1C(=O)NC1CCN(C2CCS(=O)(=O)C2)CC1. The third-order valence-electron chi connectivity index (χ3n) is 5.00. The number of hydrogen-bond acceptors (Lipinski definition) is 5. The second kappa shape index (κ2) is 7.51. The molecule has 8 heteroatoms. The molecular weight excluding hydrogens is 364 g/mol. The van der Waals surface area contributed by atoms with Crippen LogP contribution in [0.25, 0.3) is 0 Å². The van der Waals surface area contributed by atoms with Crippen LogP contribution in [0.4, 0.5) is 0 Å². The molecule has 1 N–H and O–H groups in total. The van der Waals surface area contributed by atoms with Gasteiger partial charge in [0.05, 0.1) is 24.2 Å². The minimum Gasteiger partial charge on any atom is -0.496 e. The van der Waals surface area contributed by atoms with Gasteiger partial charge in [-0.05, 0) is 37.5 Å². The highest BCUT2D eigenvalue weighted by atomic mass is 35.5. The van der Waals surface area contributed by atoms with Crippen LogP contribution in [0.15, 0.2) is 18.2 Å². The van der Waals surface area contributed by atoms with Gasteiger partial charge in [-0.2, -0.15) is 0 Å². The third kappa shape index (κ3) is 4.46. The van der Waals surface area contributed by atoms with Gasteiger partial charge in [0.1, 0.15) is 5.75 Å². The van der Waals surface area contributed by atoms with Gasteiger partial charge < -0.3 is 10.1 Å². The maximum Gasteiger partial charge on any atom is 0.255 e. The molecule has 0 aliphatic carbocycles. The Kier molecular flexibility index (Phi) is 5.55. The van der Waals surface area contributed by atoms with Crippen LogP contribution in [-0.2, 0) is 9.84 Å². The number of carbonyl (C=O) groups excluding carboxylic acids is 1. The third-order valence-corrected chi connectivity index (χ3v) is 6.98. The summed E-state index contributed by atoms with van der Waals surface area (Å²) >= 11 is 5.98. The summed E-state index contributed by atoms with van der Waals surface area (Å²) in [6.45, 7) is 1.61. The quantitative estimate of drug-likeness (QED) is 0.852. The van der Waals surface area contributed by atoms with E-state index >= 15 is 0 Å². The summed E-state index contributed by atoms with van der Waals surface area (Å²) in [6, 6.07) is 5.18. The van der Waals surface area contributed by atoms with E-state index in [-0.39, 0.29) is 23.7 Å². The van der Waals surface area contributed by atoms with Crippen LogP contribution in [0.1, 0.15) is 29.6 Å². The lowest BCUT2D eigenvalue weighted by molar-refractivity contribution is 0.0895. The highest BCUT2D eigenvalue weighted by Gasteiger charge is 2.34. The second-order valence-corrected chi connectivity index (χ2v) is 9.35. The zero-order valence-corrected chi connectivity index (χ0v) is 15.8. The van der Waals surface area contributed by atoms with Gasteiger partial charge >= 0.3 is 0 Å². The zero-order chi connectivity index (χ0) is 18.0. The Balaban J connectivity index is 1.56. The molecule has 2 heterocycles. The smallest absolute Gasteiger partial charge is 0.255 e. The van der Waals surface area contributed by atoms with Crippen LogP contribution in [0, 0.1) is 0 Å². The average molecular weight is 387 g/mol. The monoisotopic (exact) mass is 386 g/mol. The standard InChI is InChI=1S/C17H23ClN2O4S/c1-24-16-3-2-12(18)10-15(16)17(21)19-13-4-7-20(8-5-13)14-6-9-25(22,23)11-14/h2-3,10,13-14H,4-9,11H2,1H3,(H,19,21). The Labute approximate surface area is 153 Å². The first-order valence-corrected chi connectivity index (χ1v) is 10.7. The maximum absolute atomic E-state index is 12.5. The van der Waals surface area contributed by atoms with Gasteiger partial charge in [0.2, 0.25) is 0 Å². The fraction of sp³-hybridized carbons (Fsp3) is 0.588. The number of ether oxygens (including phenoxy) is 1. The van der Waals surface area contributed by atoms with E-state index in [2.05, 4.69) is 10.2 Å². The minimum atomic E-state index is -2.86. The largest absolute Gasteiger partial charge is 0.496 e. The Hall–Kier alpha value is -1.31. The average Bonchev–Trinajstić information content (AvgIpc) is 2.95. The van der Waals surface area contributed by atoms with Crippen molar-refractivity contribution >= 4 is 27.3 Å². The van der Waals surface area contributed by atoms with Crippen LogP contribution in [0.5, 0.6) is 5.75 Å². The Morgan fingerprint density at radius 3 is 2.60 bits per heavy atom. The highest BCUT2D eigenvalue weighted by molar-refractivity contribution is 7.91. The summed E-state index contributed by atoms with van der Waals surface area (Å²) in [4.78, 5) is 14.8. The summed E-state index contributed by atoms with van der Waals surface area (Å²) in [5, 5.41) is 3.53. The van der Waals surface area contributed by atoms with Crippen molar-refractivity contribution in [3.63, 3.8) is 0 Å². The topological polar surface area (TPSA) is 75.7 Å². The fourth-order valence-electron chi connectivity index (χ4n) is 3.59. The van der Waals surface area contributed by atoms with Crippen molar-refractivity contribution in [1.29, 1.82) is 0 Å². The van der Waals surface area contributed by atoms with Gasteiger partial charge in [0.25, 0.3) is 5.91 Å². The predicted octanol–water partition coefficient (Wildman–Crippen LogP) is 1.73. The van der Waals surface area contributed by atoms with E-state index in [9.17, 15) is 13.2 Å². The first kappa shape index (κ1) is 18.5. The van der Waals surface area contributed by atoms with Crippen molar-refractivity contribution < 1.29 is 17.9 Å². The first-order chi connectivity index (χ1) is 11.9. The number of methoxy groups -OCH3 is 1. The van der Waals surface area contributed by atoms with Crippen molar-refractivity contribution in [2.24, 2.45) is 0 Å². The second-order valence-electron chi connectivity index (χ2n) is 6.69. The number of nitrogens with zero attached hydrogens (tertiary/aromatic N) is 1. The van der Waals surface area contributed by atoms with Crippen LogP contribution in [0.2, 0.25) is 5.02 Å². The normalized spacial score (nSPS) is 24.2. The van der Waals surface area contributed by atoms with E-state index in [0.717, 1.165) is 32.4 Å². The van der Waals surface area contributed by atoms with Crippen LogP contribution in [-0.4, -0.2) is 63.0 Å². The van der Waals surface area contributed by atoms with Crippen molar-refractivity contribution in [2.75, 3.05) is 31.7 Å². The van der Waals surface area contributed by atoms with Crippen LogP contribution >= 0.6 is 11.6 Å². The number of carbonyl (C=O) groups is 1. The summed E-state index contributed by atoms with van der Waals surface area (Å²) in [7, 11) is -1.34. The first-order valence-electron chi connectivity index (χ1n) is 8.47. The van der Waals surface area contributed by atoms with Crippen molar-refractivity contribution in [3.05, 3.63) is 28.8 Å². The molecule has 2 aliphatic heterocycles. The lowest BCUT2D eigenvalue weighted by Crippen LogP contribution is -2.48. The van der Waals surface area contributed by atoms with Crippen molar-refractivity contribution in [1.82, 2.24) is 10.2 Å². The molecule has 1 aromatic rings. The Bertz CT molecular complexity index is 745. The lowest BCUT2D eigenvalue weighted by atomic mass is 10.0. The predicted molar refractivity (Wildman–Crippen MR) is 97.1 cm³/mol. The van der Waals surface area contributed by atoms with E-state index in [1.807, 2.05) is 0 Å². The van der Waals surface area contributed by atoms with Gasteiger partial charge in [0.15, 0.2) is 9.84 Å². The molecule has 2 aliphatic rings. The molecule has 1 unspecified atom stereocenters. The number of nitrogens with one attached hydrogen (secondary N) is 1. The number of sulfone groups is 1. The molecular formula is C17H23ClN2O4S. The van der Waals surface area contributed by atoms with Crippen molar-refractivity contribution in [3.8, 4) is 5.75 Å².